The first-order valence-corrected chi connectivity index (χ1v) is 5.82. The number of hydrogen-bond acceptors (Lipinski definition) is 3. The van der Waals surface area contributed by atoms with E-state index in [1.54, 1.807) is 24.5 Å². The molecule has 0 bridgehead atoms. The summed E-state index contributed by atoms with van der Waals surface area (Å²) in [7, 11) is 0. The zero-order valence-corrected chi connectivity index (χ0v) is 10.1. The minimum Gasteiger partial charge on any atom is -0.387 e. The molecule has 1 heterocycles. The molecule has 0 aliphatic rings. The van der Waals surface area contributed by atoms with Crippen molar-refractivity contribution >= 4 is 0 Å². The first kappa shape index (κ1) is 12.7. The van der Waals surface area contributed by atoms with Crippen molar-refractivity contribution < 1.29 is 9.50 Å². The van der Waals surface area contributed by atoms with Crippen LogP contribution in [0, 0.1) is 5.82 Å². The quantitative estimate of drug-likeness (QED) is 0.756. The van der Waals surface area contributed by atoms with Gasteiger partial charge in [-0.3, -0.25) is 0 Å². The number of aromatic amines is 1. The maximum atomic E-state index is 12.8. The molecule has 5 heteroatoms. The Labute approximate surface area is 105 Å². The molecule has 0 fully saturated rings. The Kier molecular flexibility index (Phi) is 4.07. The van der Waals surface area contributed by atoms with Crippen molar-refractivity contribution in [1.82, 2.24) is 15.3 Å². The van der Waals surface area contributed by atoms with Gasteiger partial charge in [0.2, 0.25) is 0 Å². The highest BCUT2D eigenvalue weighted by molar-refractivity contribution is 5.19. The summed E-state index contributed by atoms with van der Waals surface area (Å²) in [5.74, 6) is 0.510. The SMILES string of the molecule is CC(NCc1ncc[nH]1)C(O)c1ccc(F)cc1. The van der Waals surface area contributed by atoms with Gasteiger partial charge >= 0.3 is 0 Å². The van der Waals surface area contributed by atoms with Crippen LogP contribution < -0.4 is 5.32 Å². The average molecular weight is 249 g/mol. The Morgan fingerprint density at radius 2 is 2.11 bits per heavy atom. The van der Waals surface area contributed by atoms with Crippen molar-refractivity contribution in [3.8, 4) is 0 Å². The minimum absolute atomic E-state index is 0.152. The van der Waals surface area contributed by atoms with Crippen LogP contribution in [0.2, 0.25) is 0 Å². The number of aliphatic hydroxyl groups is 1. The second-order valence-corrected chi connectivity index (χ2v) is 4.20. The predicted molar refractivity (Wildman–Crippen MR) is 66.2 cm³/mol. The highest BCUT2D eigenvalue weighted by Crippen LogP contribution is 2.17. The van der Waals surface area contributed by atoms with Crippen molar-refractivity contribution in [1.29, 1.82) is 0 Å². The lowest BCUT2D eigenvalue weighted by atomic mass is 10.0. The summed E-state index contributed by atoms with van der Waals surface area (Å²) in [4.78, 5) is 7.06. The molecule has 0 amide bonds. The van der Waals surface area contributed by atoms with E-state index in [4.69, 9.17) is 0 Å². The average Bonchev–Trinajstić information content (AvgIpc) is 2.89. The molecular weight excluding hydrogens is 233 g/mol. The fourth-order valence-corrected chi connectivity index (χ4v) is 1.71. The summed E-state index contributed by atoms with van der Waals surface area (Å²) in [6.45, 7) is 2.42. The second-order valence-electron chi connectivity index (χ2n) is 4.20. The van der Waals surface area contributed by atoms with Gasteiger partial charge in [0.1, 0.15) is 11.6 Å². The van der Waals surface area contributed by atoms with Crippen molar-refractivity contribution in [2.45, 2.75) is 25.6 Å². The number of aromatic nitrogens is 2. The standard InChI is InChI=1S/C13H16FN3O/c1-9(17-8-12-15-6-7-16-12)13(18)10-2-4-11(14)5-3-10/h2-7,9,13,17-18H,8H2,1H3,(H,15,16). The monoisotopic (exact) mass is 249 g/mol. The summed E-state index contributed by atoms with van der Waals surface area (Å²) in [5.41, 5.74) is 0.691. The van der Waals surface area contributed by atoms with Crippen LogP contribution in [0.5, 0.6) is 0 Å². The Balaban J connectivity index is 1.91. The van der Waals surface area contributed by atoms with Gasteiger partial charge in [-0.2, -0.15) is 0 Å². The fourth-order valence-electron chi connectivity index (χ4n) is 1.71. The molecular formula is C13H16FN3O. The van der Waals surface area contributed by atoms with Crippen LogP contribution in [0.3, 0.4) is 0 Å². The lowest BCUT2D eigenvalue weighted by Gasteiger charge is -2.20. The van der Waals surface area contributed by atoms with Gasteiger partial charge in [0.15, 0.2) is 0 Å². The molecule has 0 radical (unpaired) electrons. The topological polar surface area (TPSA) is 60.9 Å². The van der Waals surface area contributed by atoms with E-state index in [0.717, 1.165) is 5.82 Å². The Bertz CT molecular complexity index is 469. The van der Waals surface area contributed by atoms with E-state index in [-0.39, 0.29) is 11.9 Å². The van der Waals surface area contributed by atoms with Gasteiger partial charge in [-0.05, 0) is 24.6 Å². The predicted octanol–water partition coefficient (Wildman–Crippen LogP) is 1.76. The van der Waals surface area contributed by atoms with Crippen molar-refractivity contribution in [3.63, 3.8) is 0 Å². The summed E-state index contributed by atoms with van der Waals surface area (Å²) in [6, 6.07) is 5.71. The number of aliphatic hydroxyl groups excluding tert-OH is 1. The van der Waals surface area contributed by atoms with Crippen LogP contribution in [-0.2, 0) is 6.54 Å². The molecule has 0 saturated heterocycles. The maximum absolute atomic E-state index is 12.8. The van der Waals surface area contributed by atoms with Gasteiger partial charge in [-0.25, -0.2) is 9.37 Å². The third-order valence-corrected chi connectivity index (χ3v) is 2.83. The van der Waals surface area contributed by atoms with Crippen LogP contribution in [-0.4, -0.2) is 21.1 Å². The molecule has 0 spiro atoms. The molecule has 2 unspecified atom stereocenters. The van der Waals surface area contributed by atoms with Gasteiger partial charge in [0.25, 0.3) is 0 Å². The number of benzene rings is 1. The molecule has 0 saturated carbocycles. The smallest absolute Gasteiger partial charge is 0.123 e. The highest BCUT2D eigenvalue weighted by atomic mass is 19.1. The van der Waals surface area contributed by atoms with Crippen LogP contribution in [0.1, 0.15) is 24.4 Å². The maximum Gasteiger partial charge on any atom is 0.123 e. The van der Waals surface area contributed by atoms with Gasteiger partial charge in [0.05, 0.1) is 12.6 Å². The molecule has 1 aromatic heterocycles. The largest absolute Gasteiger partial charge is 0.387 e. The molecule has 0 aliphatic carbocycles. The third kappa shape index (κ3) is 3.15. The van der Waals surface area contributed by atoms with E-state index < -0.39 is 6.10 Å². The first-order chi connectivity index (χ1) is 8.66. The summed E-state index contributed by atoms with van der Waals surface area (Å²) in [6.07, 6.45) is 2.75. The van der Waals surface area contributed by atoms with Crippen LogP contribution in [0.15, 0.2) is 36.7 Å². The number of nitrogens with one attached hydrogen (secondary N) is 2. The zero-order valence-electron chi connectivity index (χ0n) is 10.1. The number of H-pyrrole nitrogens is 1. The van der Waals surface area contributed by atoms with Crippen molar-refractivity contribution in [2.24, 2.45) is 0 Å². The van der Waals surface area contributed by atoms with E-state index in [9.17, 15) is 9.50 Å². The zero-order chi connectivity index (χ0) is 13.0. The number of imidazole rings is 1. The lowest BCUT2D eigenvalue weighted by Crippen LogP contribution is -2.32. The first-order valence-electron chi connectivity index (χ1n) is 5.82. The molecule has 18 heavy (non-hydrogen) atoms. The Morgan fingerprint density at radius 3 is 2.72 bits per heavy atom. The molecule has 0 aliphatic heterocycles. The van der Waals surface area contributed by atoms with Crippen molar-refractivity contribution in [3.05, 3.63) is 53.9 Å². The molecule has 2 aromatic rings. The third-order valence-electron chi connectivity index (χ3n) is 2.83. The summed E-state index contributed by atoms with van der Waals surface area (Å²) >= 11 is 0. The molecule has 2 atom stereocenters. The van der Waals surface area contributed by atoms with Crippen LogP contribution in [0.4, 0.5) is 4.39 Å². The molecule has 4 nitrogen and oxygen atoms in total. The minimum atomic E-state index is -0.680. The summed E-state index contributed by atoms with van der Waals surface area (Å²) < 4.78 is 12.8. The van der Waals surface area contributed by atoms with Crippen LogP contribution >= 0.6 is 0 Å². The second kappa shape index (κ2) is 5.75. The van der Waals surface area contributed by atoms with Gasteiger partial charge < -0.3 is 15.4 Å². The van der Waals surface area contributed by atoms with Gasteiger partial charge in [-0.15, -0.1) is 0 Å². The van der Waals surface area contributed by atoms with Crippen molar-refractivity contribution in [2.75, 3.05) is 0 Å². The van der Waals surface area contributed by atoms with E-state index >= 15 is 0 Å². The van der Waals surface area contributed by atoms with Crippen LogP contribution in [0.25, 0.3) is 0 Å². The molecule has 96 valence electrons. The number of nitrogens with zero attached hydrogens (tertiary/aromatic N) is 1. The molecule has 3 N–H and O–H groups in total. The highest BCUT2D eigenvalue weighted by Gasteiger charge is 2.16. The lowest BCUT2D eigenvalue weighted by molar-refractivity contribution is 0.135. The van der Waals surface area contributed by atoms with Gasteiger partial charge in [-0.1, -0.05) is 12.1 Å². The van der Waals surface area contributed by atoms with E-state index in [0.29, 0.717) is 12.1 Å². The fraction of sp³-hybridized carbons (Fsp3) is 0.308. The number of halogens is 1. The Hall–Kier alpha value is -1.72. The number of rotatable bonds is 5. The van der Waals surface area contributed by atoms with Gasteiger partial charge in [0, 0.05) is 18.4 Å². The normalized spacial score (nSPS) is 14.4. The van der Waals surface area contributed by atoms with E-state index in [1.165, 1.54) is 12.1 Å². The summed E-state index contributed by atoms with van der Waals surface area (Å²) in [5, 5.41) is 13.3. The molecule has 2 rings (SSSR count). The number of hydrogen-bond donors (Lipinski definition) is 3. The Morgan fingerprint density at radius 1 is 1.39 bits per heavy atom. The van der Waals surface area contributed by atoms with E-state index in [1.807, 2.05) is 6.92 Å². The van der Waals surface area contributed by atoms with E-state index in [2.05, 4.69) is 15.3 Å². The molecule has 1 aromatic carbocycles.